The Bertz CT molecular complexity index is 596. The summed E-state index contributed by atoms with van der Waals surface area (Å²) in [7, 11) is 0. The van der Waals surface area contributed by atoms with Crippen molar-refractivity contribution in [1.82, 2.24) is 4.98 Å². The van der Waals surface area contributed by atoms with Gasteiger partial charge in [-0.1, -0.05) is 23.5 Å². The predicted molar refractivity (Wildman–Crippen MR) is 78.8 cm³/mol. The van der Waals surface area contributed by atoms with Gasteiger partial charge in [0.1, 0.15) is 11.6 Å². The standard InChI is InChI=1S/C14H16FN3OS/c15-11-3-1-2-10(8-11)9-12-13(16)17-14(20-12)18-4-6-19-7-5-18/h1-3,8H,4-7,9,16H2. The molecule has 0 atom stereocenters. The van der Waals surface area contributed by atoms with E-state index in [-0.39, 0.29) is 5.82 Å². The van der Waals surface area contributed by atoms with E-state index in [1.54, 1.807) is 17.4 Å². The molecule has 6 heteroatoms. The molecular formula is C14H16FN3OS. The van der Waals surface area contributed by atoms with Crippen molar-refractivity contribution in [2.24, 2.45) is 0 Å². The Morgan fingerprint density at radius 2 is 2.15 bits per heavy atom. The molecule has 1 fully saturated rings. The van der Waals surface area contributed by atoms with E-state index in [1.807, 2.05) is 6.07 Å². The van der Waals surface area contributed by atoms with Crippen LogP contribution in [0.4, 0.5) is 15.3 Å². The van der Waals surface area contributed by atoms with Crippen molar-refractivity contribution < 1.29 is 9.13 Å². The van der Waals surface area contributed by atoms with Gasteiger partial charge in [0.2, 0.25) is 0 Å². The first-order valence-corrected chi connectivity index (χ1v) is 7.36. The van der Waals surface area contributed by atoms with Crippen molar-refractivity contribution in [3.05, 3.63) is 40.5 Å². The van der Waals surface area contributed by atoms with E-state index in [1.165, 1.54) is 12.1 Å². The van der Waals surface area contributed by atoms with E-state index in [9.17, 15) is 4.39 Å². The van der Waals surface area contributed by atoms with Crippen molar-refractivity contribution in [2.45, 2.75) is 6.42 Å². The third-order valence-corrected chi connectivity index (χ3v) is 4.38. The molecule has 2 N–H and O–H groups in total. The fourth-order valence-electron chi connectivity index (χ4n) is 2.20. The Morgan fingerprint density at radius 3 is 2.90 bits per heavy atom. The first-order valence-electron chi connectivity index (χ1n) is 6.55. The summed E-state index contributed by atoms with van der Waals surface area (Å²) in [5.41, 5.74) is 6.89. The predicted octanol–water partition coefficient (Wildman–Crippen LogP) is 2.29. The number of morpholine rings is 1. The fraction of sp³-hybridized carbons (Fsp3) is 0.357. The number of hydrogen-bond acceptors (Lipinski definition) is 5. The lowest BCUT2D eigenvalue weighted by molar-refractivity contribution is 0.122. The van der Waals surface area contributed by atoms with E-state index >= 15 is 0 Å². The first kappa shape index (κ1) is 13.3. The van der Waals surface area contributed by atoms with Crippen molar-refractivity contribution in [1.29, 1.82) is 0 Å². The zero-order chi connectivity index (χ0) is 13.9. The summed E-state index contributed by atoms with van der Waals surface area (Å²) in [4.78, 5) is 7.59. The summed E-state index contributed by atoms with van der Waals surface area (Å²) in [5.74, 6) is 0.319. The second-order valence-corrected chi connectivity index (χ2v) is 5.77. The minimum absolute atomic E-state index is 0.223. The summed E-state index contributed by atoms with van der Waals surface area (Å²) < 4.78 is 18.5. The zero-order valence-corrected chi connectivity index (χ0v) is 11.8. The molecule has 2 heterocycles. The summed E-state index contributed by atoms with van der Waals surface area (Å²) in [5, 5.41) is 0.928. The van der Waals surface area contributed by atoms with Gasteiger partial charge in [-0.3, -0.25) is 0 Å². The van der Waals surface area contributed by atoms with Crippen LogP contribution in [0, 0.1) is 5.82 Å². The van der Waals surface area contributed by atoms with Crippen molar-refractivity contribution in [3.8, 4) is 0 Å². The zero-order valence-electron chi connectivity index (χ0n) is 11.0. The molecule has 3 rings (SSSR count). The number of benzene rings is 1. The number of anilines is 2. The Morgan fingerprint density at radius 1 is 1.35 bits per heavy atom. The average molecular weight is 293 g/mol. The smallest absolute Gasteiger partial charge is 0.187 e. The Labute approximate surface area is 121 Å². The van der Waals surface area contributed by atoms with Crippen LogP contribution in [0.1, 0.15) is 10.4 Å². The summed E-state index contributed by atoms with van der Waals surface area (Å²) in [6, 6.07) is 6.59. The second kappa shape index (κ2) is 5.76. The third-order valence-electron chi connectivity index (χ3n) is 3.25. The normalized spacial score (nSPS) is 15.6. The minimum atomic E-state index is -0.223. The monoisotopic (exact) mass is 293 g/mol. The Hall–Kier alpha value is -1.66. The highest BCUT2D eigenvalue weighted by molar-refractivity contribution is 7.16. The van der Waals surface area contributed by atoms with Crippen LogP contribution in [0.5, 0.6) is 0 Å². The molecule has 0 saturated carbocycles. The molecule has 0 bridgehead atoms. The van der Waals surface area contributed by atoms with Crippen LogP contribution >= 0.6 is 11.3 Å². The highest BCUT2D eigenvalue weighted by atomic mass is 32.1. The van der Waals surface area contributed by atoms with Crippen LogP contribution in [0.25, 0.3) is 0 Å². The van der Waals surface area contributed by atoms with Gasteiger partial charge in [0.15, 0.2) is 5.13 Å². The minimum Gasteiger partial charge on any atom is -0.383 e. The molecule has 1 aromatic heterocycles. The maximum Gasteiger partial charge on any atom is 0.187 e. The maximum atomic E-state index is 13.2. The summed E-state index contributed by atoms with van der Waals surface area (Å²) >= 11 is 1.58. The van der Waals surface area contributed by atoms with Gasteiger partial charge in [0.05, 0.1) is 18.1 Å². The number of halogens is 1. The number of nitrogen functional groups attached to an aromatic ring is 1. The SMILES string of the molecule is Nc1nc(N2CCOCC2)sc1Cc1cccc(F)c1. The van der Waals surface area contributed by atoms with Crippen LogP contribution < -0.4 is 10.6 Å². The molecule has 0 radical (unpaired) electrons. The topological polar surface area (TPSA) is 51.4 Å². The molecule has 1 saturated heterocycles. The quantitative estimate of drug-likeness (QED) is 0.943. The van der Waals surface area contributed by atoms with Crippen LogP contribution in [-0.2, 0) is 11.2 Å². The van der Waals surface area contributed by atoms with Gasteiger partial charge in [-0.15, -0.1) is 0 Å². The van der Waals surface area contributed by atoms with E-state index in [4.69, 9.17) is 10.5 Å². The van der Waals surface area contributed by atoms with Crippen LogP contribution in [0.2, 0.25) is 0 Å². The number of hydrogen-bond donors (Lipinski definition) is 1. The number of rotatable bonds is 3. The Balaban J connectivity index is 1.78. The van der Waals surface area contributed by atoms with E-state index < -0.39 is 0 Å². The van der Waals surface area contributed by atoms with Gasteiger partial charge in [-0.05, 0) is 17.7 Å². The fourth-order valence-corrected chi connectivity index (χ4v) is 3.26. The summed E-state index contributed by atoms with van der Waals surface area (Å²) in [6.45, 7) is 3.12. The van der Waals surface area contributed by atoms with Gasteiger partial charge < -0.3 is 15.4 Å². The van der Waals surface area contributed by atoms with Gasteiger partial charge in [0, 0.05) is 19.5 Å². The van der Waals surface area contributed by atoms with Gasteiger partial charge in [-0.25, -0.2) is 9.37 Å². The van der Waals surface area contributed by atoms with Crippen LogP contribution in [0.3, 0.4) is 0 Å². The van der Waals surface area contributed by atoms with Gasteiger partial charge >= 0.3 is 0 Å². The van der Waals surface area contributed by atoms with E-state index in [0.29, 0.717) is 12.2 Å². The molecule has 0 amide bonds. The molecular weight excluding hydrogens is 277 g/mol. The van der Waals surface area contributed by atoms with Crippen molar-refractivity contribution in [3.63, 3.8) is 0 Å². The average Bonchev–Trinajstić information content (AvgIpc) is 2.81. The molecule has 4 nitrogen and oxygen atoms in total. The van der Waals surface area contributed by atoms with Gasteiger partial charge in [0.25, 0.3) is 0 Å². The molecule has 20 heavy (non-hydrogen) atoms. The molecule has 2 aromatic rings. The highest BCUT2D eigenvalue weighted by Gasteiger charge is 2.17. The number of nitrogens with two attached hydrogens (primary N) is 1. The number of thiazole rings is 1. The van der Waals surface area contributed by atoms with E-state index in [0.717, 1.165) is 41.9 Å². The number of aromatic nitrogens is 1. The molecule has 0 unspecified atom stereocenters. The molecule has 0 spiro atoms. The molecule has 1 aromatic carbocycles. The highest BCUT2D eigenvalue weighted by Crippen LogP contribution is 2.30. The van der Waals surface area contributed by atoms with E-state index in [2.05, 4.69) is 9.88 Å². The van der Waals surface area contributed by atoms with Gasteiger partial charge in [-0.2, -0.15) is 0 Å². The third kappa shape index (κ3) is 2.91. The maximum absolute atomic E-state index is 13.2. The lowest BCUT2D eigenvalue weighted by atomic mass is 10.1. The molecule has 1 aliphatic rings. The van der Waals surface area contributed by atoms with Crippen molar-refractivity contribution in [2.75, 3.05) is 36.9 Å². The number of nitrogens with zero attached hydrogens (tertiary/aromatic N) is 2. The van der Waals surface area contributed by atoms with Crippen LogP contribution in [0.15, 0.2) is 24.3 Å². The lowest BCUT2D eigenvalue weighted by Gasteiger charge is -2.25. The molecule has 1 aliphatic heterocycles. The Kier molecular flexibility index (Phi) is 3.84. The molecule has 106 valence electrons. The largest absolute Gasteiger partial charge is 0.383 e. The van der Waals surface area contributed by atoms with Crippen LogP contribution in [-0.4, -0.2) is 31.3 Å². The summed E-state index contributed by atoms with van der Waals surface area (Å²) in [6.07, 6.45) is 0.617. The van der Waals surface area contributed by atoms with Crippen molar-refractivity contribution >= 4 is 22.3 Å². The molecule has 0 aliphatic carbocycles. The second-order valence-electron chi connectivity index (χ2n) is 4.71. The lowest BCUT2D eigenvalue weighted by Crippen LogP contribution is -2.36. The number of ether oxygens (including phenoxy) is 1. The first-order chi connectivity index (χ1) is 9.72.